The van der Waals surface area contributed by atoms with Crippen molar-refractivity contribution in [3.63, 3.8) is 0 Å². The maximum atomic E-state index is 5.10. The molecule has 0 amide bonds. The first-order chi connectivity index (χ1) is 12.8. The molecule has 3 heterocycles. The van der Waals surface area contributed by atoms with Crippen LogP contribution in [-0.2, 0) is 19.3 Å². The van der Waals surface area contributed by atoms with Crippen LogP contribution < -0.4 is 4.90 Å². The lowest BCUT2D eigenvalue weighted by molar-refractivity contribution is 0.312. The molecule has 3 aromatic rings. The van der Waals surface area contributed by atoms with E-state index in [1.54, 1.807) is 4.88 Å². The van der Waals surface area contributed by atoms with E-state index in [9.17, 15) is 0 Å². The number of rotatable bonds is 3. The number of aromatic nitrogens is 2. The number of thiophene rings is 1. The summed E-state index contributed by atoms with van der Waals surface area (Å²) in [5.74, 6) is 2.14. The fourth-order valence-electron chi connectivity index (χ4n) is 4.12. The van der Waals surface area contributed by atoms with Crippen molar-refractivity contribution in [2.45, 2.75) is 25.7 Å². The third kappa shape index (κ3) is 2.89. The molecule has 0 atom stereocenters. The van der Waals surface area contributed by atoms with Crippen LogP contribution in [0.15, 0.2) is 30.3 Å². The summed E-state index contributed by atoms with van der Waals surface area (Å²) in [6.45, 7) is 4.31. The first-order valence-corrected chi connectivity index (χ1v) is 10.4. The molecule has 1 fully saturated rings. The standard InChI is InChI=1S/C21H24N4S/c1-24-10-12-25(13-11-24)20-19-16-8-5-9-17(16)26-21(19)23-18(22-20)14-15-6-3-2-4-7-15/h2-4,6-7H,5,8-14H2,1H3. The summed E-state index contributed by atoms with van der Waals surface area (Å²) in [6, 6.07) is 10.6. The molecular formula is C21H24N4S. The van der Waals surface area contributed by atoms with E-state index in [4.69, 9.17) is 9.97 Å². The number of hydrogen-bond donors (Lipinski definition) is 0. The predicted octanol–water partition coefficient (Wildman–Crippen LogP) is 3.52. The quantitative estimate of drug-likeness (QED) is 0.712. The number of hydrogen-bond acceptors (Lipinski definition) is 5. The number of nitrogens with zero attached hydrogens (tertiary/aromatic N) is 4. The lowest BCUT2D eigenvalue weighted by Crippen LogP contribution is -2.45. The summed E-state index contributed by atoms with van der Waals surface area (Å²) in [7, 11) is 2.20. The van der Waals surface area contributed by atoms with Gasteiger partial charge in [0.25, 0.3) is 0 Å². The highest BCUT2D eigenvalue weighted by Gasteiger charge is 2.26. The summed E-state index contributed by atoms with van der Waals surface area (Å²) in [6.07, 6.45) is 4.50. The normalized spacial score (nSPS) is 17.8. The Morgan fingerprint density at radius 2 is 1.81 bits per heavy atom. The summed E-state index contributed by atoms with van der Waals surface area (Å²) in [5, 5.41) is 1.35. The zero-order chi connectivity index (χ0) is 17.5. The third-order valence-electron chi connectivity index (χ3n) is 5.60. The number of anilines is 1. The maximum absolute atomic E-state index is 5.10. The van der Waals surface area contributed by atoms with Gasteiger partial charge in [0, 0.05) is 37.5 Å². The molecule has 5 rings (SSSR count). The largest absolute Gasteiger partial charge is 0.353 e. The minimum absolute atomic E-state index is 0.806. The monoisotopic (exact) mass is 364 g/mol. The average molecular weight is 365 g/mol. The molecule has 0 unspecified atom stereocenters. The fourth-order valence-corrected chi connectivity index (χ4v) is 5.40. The van der Waals surface area contributed by atoms with Crippen LogP contribution in [0.5, 0.6) is 0 Å². The van der Waals surface area contributed by atoms with E-state index < -0.39 is 0 Å². The summed E-state index contributed by atoms with van der Waals surface area (Å²) < 4.78 is 0. The first kappa shape index (κ1) is 16.2. The Hall–Kier alpha value is -1.98. The lowest BCUT2D eigenvalue weighted by atomic mass is 10.1. The fraction of sp³-hybridized carbons (Fsp3) is 0.429. The molecular weight excluding hydrogens is 340 g/mol. The van der Waals surface area contributed by atoms with E-state index in [1.807, 2.05) is 11.3 Å². The Morgan fingerprint density at radius 1 is 1.00 bits per heavy atom. The van der Waals surface area contributed by atoms with Gasteiger partial charge in [0.2, 0.25) is 0 Å². The van der Waals surface area contributed by atoms with Crippen molar-refractivity contribution in [2.24, 2.45) is 0 Å². The lowest BCUT2D eigenvalue weighted by Gasteiger charge is -2.33. The van der Waals surface area contributed by atoms with Crippen LogP contribution in [0.3, 0.4) is 0 Å². The second-order valence-electron chi connectivity index (χ2n) is 7.45. The summed E-state index contributed by atoms with van der Waals surface area (Å²) in [5.41, 5.74) is 2.81. The van der Waals surface area contributed by atoms with Gasteiger partial charge in [-0.05, 0) is 37.4 Å². The van der Waals surface area contributed by atoms with Gasteiger partial charge < -0.3 is 9.80 Å². The summed E-state index contributed by atoms with van der Waals surface area (Å²) in [4.78, 5) is 17.7. The van der Waals surface area contributed by atoms with Crippen LogP contribution in [0.25, 0.3) is 10.2 Å². The van der Waals surface area contributed by atoms with Crippen molar-refractivity contribution >= 4 is 27.4 Å². The average Bonchev–Trinajstić information content (AvgIpc) is 3.23. The molecule has 0 saturated carbocycles. The number of fused-ring (bicyclic) bond motifs is 3. The number of benzene rings is 1. The van der Waals surface area contributed by atoms with Gasteiger partial charge in [-0.3, -0.25) is 0 Å². The van der Waals surface area contributed by atoms with Crippen LogP contribution in [0.1, 0.15) is 28.2 Å². The van der Waals surface area contributed by atoms with Crippen LogP contribution in [-0.4, -0.2) is 48.1 Å². The molecule has 1 saturated heterocycles. The molecule has 4 nitrogen and oxygen atoms in total. The molecule has 0 bridgehead atoms. The van der Waals surface area contributed by atoms with Crippen molar-refractivity contribution < 1.29 is 0 Å². The van der Waals surface area contributed by atoms with E-state index in [0.29, 0.717) is 0 Å². The van der Waals surface area contributed by atoms with Gasteiger partial charge in [-0.1, -0.05) is 30.3 Å². The zero-order valence-electron chi connectivity index (χ0n) is 15.2. The molecule has 134 valence electrons. The molecule has 5 heteroatoms. The highest BCUT2D eigenvalue weighted by atomic mass is 32.1. The van der Waals surface area contributed by atoms with Gasteiger partial charge in [-0.25, -0.2) is 9.97 Å². The zero-order valence-corrected chi connectivity index (χ0v) is 16.1. The summed E-state index contributed by atoms with van der Waals surface area (Å²) >= 11 is 1.90. The molecule has 1 aliphatic carbocycles. The smallest absolute Gasteiger partial charge is 0.141 e. The van der Waals surface area contributed by atoms with Gasteiger partial charge >= 0.3 is 0 Å². The first-order valence-electron chi connectivity index (χ1n) is 9.56. The van der Waals surface area contributed by atoms with E-state index in [-0.39, 0.29) is 0 Å². The van der Waals surface area contributed by atoms with Gasteiger partial charge in [-0.15, -0.1) is 11.3 Å². The Labute approximate surface area is 158 Å². The molecule has 26 heavy (non-hydrogen) atoms. The topological polar surface area (TPSA) is 32.3 Å². The Balaban J connectivity index is 1.60. The van der Waals surface area contributed by atoms with Crippen LogP contribution in [0.4, 0.5) is 5.82 Å². The van der Waals surface area contributed by atoms with Crippen molar-refractivity contribution in [3.05, 3.63) is 52.2 Å². The molecule has 2 aromatic heterocycles. The molecule has 0 N–H and O–H groups in total. The number of likely N-dealkylation sites (N-methyl/N-ethyl adjacent to an activating group) is 1. The van der Waals surface area contributed by atoms with E-state index in [1.165, 1.54) is 46.4 Å². The maximum Gasteiger partial charge on any atom is 0.141 e. The SMILES string of the molecule is CN1CCN(c2nc(Cc3ccccc3)nc3sc4c(c23)CCC4)CC1. The Morgan fingerprint density at radius 3 is 2.62 bits per heavy atom. The molecule has 1 aromatic carbocycles. The molecule has 0 radical (unpaired) electrons. The number of piperazine rings is 1. The Bertz CT molecular complexity index is 926. The predicted molar refractivity (Wildman–Crippen MR) is 108 cm³/mol. The third-order valence-corrected chi connectivity index (χ3v) is 6.79. The van der Waals surface area contributed by atoms with Gasteiger partial charge in [0.15, 0.2) is 0 Å². The van der Waals surface area contributed by atoms with E-state index in [0.717, 1.165) is 38.4 Å². The van der Waals surface area contributed by atoms with Gasteiger partial charge in [0.05, 0.1) is 5.39 Å². The number of aryl methyl sites for hydroxylation is 2. The minimum atomic E-state index is 0.806. The second kappa shape index (κ2) is 6.63. The van der Waals surface area contributed by atoms with Crippen molar-refractivity contribution in [2.75, 3.05) is 38.1 Å². The van der Waals surface area contributed by atoms with Gasteiger partial charge in [0.1, 0.15) is 16.5 Å². The minimum Gasteiger partial charge on any atom is -0.353 e. The highest BCUT2D eigenvalue weighted by molar-refractivity contribution is 7.19. The van der Waals surface area contributed by atoms with Gasteiger partial charge in [-0.2, -0.15) is 0 Å². The van der Waals surface area contributed by atoms with Crippen molar-refractivity contribution in [1.82, 2.24) is 14.9 Å². The van der Waals surface area contributed by atoms with Crippen molar-refractivity contribution in [3.8, 4) is 0 Å². The van der Waals surface area contributed by atoms with E-state index in [2.05, 4.69) is 47.2 Å². The van der Waals surface area contributed by atoms with E-state index >= 15 is 0 Å². The van der Waals surface area contributed by atoms with Crippen LogP contribution in [0.2, 0.25) is 0 Å². The molecule has 2 aliphatic rings. The van der Waals surface area contributed by atoms with Crippen molar-refractivity contribution in [1.29, 1.82) is 0 Å². The molecule has 0 spiro atoms. The highest BCUT2D eigenvalue weighted by Crippen LogP contribution is 2.40. The molecule has 1 aliphatic heterocycles. The van der Waals surface area contributed by atoms with Crippen LogP contribution >= 0.6 is 11.3 Å². The van der Waals surface area contributed by atoms with Crippen LogP contribution in [0, 0.1) is 0 Å². The second-order valence-corrected chi connectivity index (χ2v) is 8.54. The Kier molecular flexibility index (Phi) is 4.14.